The van der Waals surface area contributed by atoms with E-state index in [9.17, 15) is 18.7 Å². The number of hydrogen-bond donors (Lipinski definition) is 2. The minimum Gasteiger partial charge on any atom is -0.508 e. The second kappa shape index (κ2) is 10.9. The van der Waals surface area contributed by atoms with Gasteiger partial charge in [0.1, 0.15) is 17.4 Å². The highest BCUT2D eigenvalue weighted by Crippen LogP contribution is 2.42. The Morgan fingerprint density at radius 1 is 1.11 bits per heavy atom. The molecule has 2 bridgehead atoms. The molecule has 3 aliphatic rings. The monoisotopic (exact) mass is 535 g/mol. The van der Waals surface area contributed by atoms with Crippen LogP contribution in [0.25, 0.3) is 0 Å². The van der Waals surface area contributed by atoms with E-state index in [0.29, 0.717) is 31.6 Å². The lowest BCUT2D eigenvalue weighted by Crippen LogP contribution is -2.45. The second-order valence-electron chi connectivity index (χ2n) is 11.2. The number of fused-ring (bicyclic) bond motifs is 2. The van der Waals surface area contributed by atoms with E-state index in [-0.39, 0.29) is 67.3 Å². The van der Waals surface area contributed by atoms with Gasteiger partial charge in [0.2, 0.25) is 11.8 Å². The third-order valence-electron chi connectivity index (χ3n) is 8.75. The van der Waals surface area contributed by atoms with Crippen molar-refractivity contribution in [2.75, 3.05) is 6.54 Å². The average molecular weight is 536 g/mol. The molecular formula is C29H41F2N5O2. The number of benzene rings is 1. The Bertz CT molecular complexity index is 1280. The average Bonchev–Trinajstić information content (AvgIpc) is 3.39. The van der Waals surface area contributed by atoms with Crippen molar-refractivity contribution in [3.05, 3.63) is 41.5 Å². The molecule has 4 atom stereocenters. The van der Waals surface area contributed by atoms with Crippen LogP contribution in [0.3, 0.4) is 0 Å². The largest absolute Gasteiger partial charge is 0.508 e. The van der Waals surface area contributed by atoms with Crippen molar-refractivity contribution in [1.82, 2.24) is 25.0 Å². The lowest BCUT2D eigenvalue weighted by molar-refractivity contribution is -0.130. The zero-order chi connectivity index (χ0) is 32.0. The number of carbonyl (C=O) groups excluding carboxylic acids is 1. The highest BCUT2D eigenvalue weighted by molar-refractivity contribution is 5.79. The number of phenols is 1. The molecule has 3 heterocycles. The van der Waals surface area contributed by atoms with Crippen molar-refractivity contribution in [3.63, 3.8) is 0 Å². The summed E-state index contributed by atoms with van der Waals surface area (Å²) >= 11 is 0. The zero-order valence-corrected chi connectivity index (χ0v) is 21.7. The topological polar surface area (TPSA) is 83.3 Å². The quantitative estimate of drug-likeness (QED) is 0.456. The van der Waals surface area contributed by atoms with Crippen LogP contribution < -0.4 is 5.32 Å². The number of halogens is 2. The van der Waals surface area contributed by atoms with Crippen LogP contribution in [0.4, 0.5) is 8.78 Å². The molecule has 1 aromatic carbocycles. The van der Waals surface area contributed by atoms with Crippen molar-refractivity contribution >= 4 is 5.91 Å². The van der Waals surface area contributed by atoms with E-state index in [4.69, 9.17) is 8.22 Å². The van der Waals surface area contributed by atoms with E-state index in [1.807, 2.05) is 0 Å². The molecule has 208 valence electrons. The van der Waals surface area contributed by atoms with E-state index in [1.54, 1.807) is 35.8 Å². The van der Waals surface area contributed by atoms with Crippen molar-refractivity contribution < 1.29 is 26.9 Å². The molecule has 5 rings (SSSR count). The Balaban J connectivity index is 1.29. The fourth-order valence-electron chi connectivity index (χ4n) is 6.75. The molecule has 1 unspecified atom stereocenters. The number of amides is 1. The van der Waals surface area contributed by atoms with Crippen LogP contribution in [0.2, 0.25) is 0 Å². The number of aromatic hydroxyl groups is 1. The zero-order valence-electron chi connectivity index (χ0n) is 27.7. The Hall–Kier alpha value is -2.55. The SMILES string of the molecule is [2H]C([2H])([2H])C(c1nnc(C)n1C1C[C@H]2CC[C@@H](C1)N2CC[C@H](NC(=O)C1CCC(F)(F)CC1)c1ccc(O)cc1)C([2H])([2H])[2H]. The van der Waals surface area contributed by atoms with Gasteiger partial charge >= 0.3 is 0 Å². The fraction of sp³-hybridized carbons (Fsp3) is 0.690. The van der Waals surface area contributed by atoms with Gasteiger partial charge in [-0.2, -0.15) is 0 Å². The highest BCUT2D eigenvalue weighted by Gasteiger charge is 2.42. The maximum atomic E-state index is 13.7. The van der Waals surface area contributed by atoms with Crippen LogP contribution in [-0.4, -0.2) is 55.2 Å². The molecule has 2 aromatic rings. The van der Waals surface area contributed by atoms with Gasteiger partial charge < -0.3 is 15.0 Å². The second-order valence-corrected chi connectivity index (χ2v) is 11.2. The molecule has 1 amide bonds. The van der Waals surface area contributed by atoms with Crippen LogP contribution >= 0.6 is 0 Å². The lowest BCUT2D eigenvalue weighted by atomic mass is 9.86. The third kappa shape index (κ3) is 5.72. The van der Waals surface area contributed by atoms with Crippen LogP contribution in [0.5, 0.6) is 5.75 Å². The number of phenolic OH excluding ortho intramolecular Hbond substituents is 1. The summed E-state index contributed by atoms with van der Waals surface area (Å²) in [5.41, 5.74) is 0.824. The van der Waals surface area contributed by atoms with Crippen molar-refractivity contribution in [1.29, 1.82) is 0 Å². The van der Waals surface area contributed by atoms with E-state index in [2.05, 4.69) is 20.4 Å². The molecular weight excluding hydrogens is 488 g/mol. The number of rotatable bonds is 8. The smallest absolute Gasteiger partial charge is 0.248 e. The van der Waals surface area contributed by atoms with Gasteiger partial charge in [-0.1, -0.05) is 25.8 Å². The first-order valence-corrected chi connectivity index (χ1v) is 13.7. The molecule has 2 saturated heterocycles. The van der Waals surface area contributed by atoms with Crippen LogP contribution in [-0.2, 0) is 4.79 Å². The van der Waals surface area contributed by atoms with E-state index in [1.165, 1.54) is 0 Å². The summed E-state index contributed by atoms with van der Waals surface area (Å²) < 4.78 is 76.8. The number of hydrogen-bond acceptors (Lipinski definition) is 5. The number of nitrogens with zero attached hydrogens (tertiary/aromatic N) is 4. The Morgan fingerprint density at radius 3 is 2.39 bits per heavy atom. The van der Waals surface area contributed by atoms with Crippen molar-refractivity contribution in [3.8, 4) is 5.75 Å². The molecule has 2 N–H and O–H groups in total. The normalized spacial score (nSPS) is 29.5. The van der Waals surface area contributed by atoms with Gasteiger partial charge in [0, 0.05) is 57.6 Å². The first-order valence-electron chi connectivity index (χ1n) is 16.7. The van der Waals surface area contributed by atoms with Crippen molar-refractivity contribution in [2.45, 2.75) is 114 Å². The summed E-state index contributed by atoms with van der Waals surface area (Å²) in [6.07, 6.45) is 3.53. The van der Waals surface area contributed by atoms with Crippen LogP contribution in [0.1, 0.15) is 115 Å². The Morgan fingerprint density at radius 2 is 1.76 bits per heavy atom. The Labute approximate surface area is 232 Å². The number of nitrogens with one attached hydrogen (secondary N) is 1. The predicted octanol–water partition coefficient (Wildman–Crippen LogP) is 5.66. The number of alkyl halides is 2. The fourth-order valence-corrected chi connectivity index (χ4v) is 6.75. The van der Waals surface area contributed by atoms with Crippen LogP contribution in [0.15, 0.2) is 24.3 Å². The molecule has 0 radical (unpaired) electrons. The molecule has 9 heteroatoms. The summed E-state index contributed by atoms with van der Waals surface area (Å²) in [6, 6.07) is 6.49. The molecule has 1 aromatic heterocycles. The standard InChI is InChI=1S/C29H41F2N5O2/c1-18(2)27-34-33-19(3)36(27)24-16-22-6-7-23(17-24)35(22)15-12-26(20-4-8-25(37)9-5-20)32-28(38)21-10-13-29(30,31)14-11-21/h4-5,8-9,18,21-24,26,37H,6-7,10-17H2,1-3H3,(H,32,38)/t22-,23+,24?,26-/m0/s1/i1D3,2D3. The van der Waals surface area contributed by atoms with Gasteiger partial charge in [-0.25, -0.2) is 8.78 Å². The van der Waals surface area contributed by atoms with Gasteiger partial charge in [0.15, 0.2) is 0 Å². The summed E-state index contributed by atoms with van der Waals surface area (Å²) in [4.78, 5) is 15.6. The molecule has 38 heavy (non-hydrogen) atoms. The van der Waals surface area contributed by atoms with Gasteiger partial charge in [0.05, 0.1) is 6.04 Å². The first kappa shape index (κ1) is 20.4. The Kier molecular flexibility index (Phi) is 5.85. The maximum absolute atomic E-state index is 13.7. The van der Waals surface area contributed by atoms with E-state index in [0.717, 1.165) is 18.4 Å². The molecule has 2 aliphatic heterocycles. The van der Waals surface area contributed by atoms with Gasteiger partial charge in [-0.15, -0.1) is 10.2 Å². The molecule has 3 fully saturated rings. The highest BCUT2D eigenvalue weighted by atomic mass is 19.3. The number of aryl methyl sites for hydroxylation is 1. The van der Waals surface area contributed by atoms with Crippen molar-refractivity contribution in [2.24, 2.45) is 5.92 Å². The van der Waals surface area contributed by atoms with Gasteiger partial charge in [-0.3, -0.25) is 9.69 Å². The van der Waals surface area contributed by atoms with E-state index < -0.39 is 31.5 Å². The first-order chi connectivity index (χ1) is 20.5. The molecule has 0 spiro atoms. The van der Waals surface area contributed by atoms with Crippen LogP contribution in [0, 0.1) is 12.8 Å². The molecule has 1 aliphatic carbocycles. The minimum atomic E-state index is -2.77. The summed E-state index contributed by atoms with van der Waals surface area (Å²) in [5.74, 6) is -4.56. The van der Waals surface area contributed by atoms with Gasteiger partial charge in [0.25, 0.3) is 0 Å². The maximum Gasteiger partial charge on any atom is 0.248 e. The predicted molar refractivity (Wildman–Crippen MR) is 141 cm³/mol. The van der Waals surface area contributed by atoms with Gasteiger partial charge in [-0.05, 0) is 69.6 Å². The summed E-state index contributed by atoms with van der Waals surface area (Å²) in [5, 5.41) is 21.1. The number of carbonyl (C=O) groups is 1. The lowest BCUT2D eigenvalue weighted by Gasteiger charge is -2.40. The number of aromatic nitrogens is 3. The third-order valence-corrected chi connectivity index (χ3v) is 8.75. The molecule has 7 nitrogen and oxygen atoms in total. The molecule has 1 saturated carbocycles. The summed E-state index contributed by atoms with van der Waals surface area (Å²) in [7, 11) is 0. The minimum absolute atomic E-state index is 0.0177. The van der Waals surface area contributed by atoms with E-state index >= 15 is 0 Å². The summed E-state index contributed by atoms with van der Waals surface area (Å²) in [6.45, 7) is -3.15. The number of piperidine rings is 1.